The van der Waals surface area contributed by atoms with E-state index in [9.17, 15) is 29.7 Å². The van der Waals surface area contributed by atoms with Crippen LogP contribution in [-0.2, 0) is 14.3 Å². The average molecular weight is 599 g/mol. The van der Waals surface area contributed by atoms with E-state index in [-0.39, 0.29) is 47.3 Å². The number of ether oxygens (including phenoxy) is 3. The lowest BCUT2D eigenvalue weighted by Gasteiger charge is -2.53. The molecule has 5 rings (SSSR count). The Balaban J connectivity index is 1.73. The molecule has 1 fully saturated rings. The summed E-state index contributed by atoms with van der Waals surface area (Å²) < 4.78 is 22.6. The molecule has 6 atom stereocenters. The van der Waals surface area contributed by atoms with Crippen LogP contribution in [0.1, 0.15) is 85.7 Å². The van der Waals surface area contributed by atoms with Gasteiger partial charge < -0.3 is 34.1 Å². The second kappa shape index (κ2) is 11.6. The molecule has 1 heterocycles. The number of nitrogens with zero attached hydrogens (tertiary/aromatic N) is 2. The van der Waals surface area contributed by atoms with E-state index in [1.165, 1.54) is 6.07 Å². The molecule has 1 saturated carbocycles. The van der Waals surface area contributed by atoms with Crippen LogP contribution in [0, 0.1) is 11.8 Å². The Morgan fingerprint density at radius 3 is 2.44 bits per heavy atom. The summed E-state index contributed by atoms with van der Waals surface area (Å²) in [5, 5.41) is 38.5. The third kappa shape index (κ3) is 4.67. The first-order valence-corrected chi connectivity index (χ1v) is 14.7. The normalized spacial score (nSPS) is 27.7. The molecule has 0 spiro atoms. The van der Waals surface area contributed by atoms with Crippen molar-refractivity contribution in [1.82, 2.24) is 10.1 Å². The van der Waals surface area contributed by atoms with Crippen molar-refractivity contribution in [2.45, 2.75) is 70.1 Å². The van der Waals surface area contributed by atoms with E-state index in [0.29, 0.717) is 18.4 Å². The lowest BCUT2D eigenvalue weighted by molar-refractivity contribution is -0.160. The van der Waals surface area contributed by atoms with Crippen LogP contribution < -0.4 is 4.74 Å². The standard InChI is InChI=1S/C31H38N2O10/c1-6-8-13-40-29-21-26(43-32-29)23(33(4)5)22-25(42-30(38)41-14-9-7-2)18-15(3)16-11-10-12-17(34)19(16)24(35)20(18)27(36)31(22,39)28(21)37/h10-12,15,18,22-23,25,34-35,39H,6-9,13-14H2,1-5H3/t15-,18+,22+,23-,25-,31-/m0/s1. The summed E-state index contributed by atoms with van der Waals surface area (Å²) in [4.78, 5) is 43.5. The van der Waals surface area contributed by atoms with Gasteiger partial charge in [-0.1, -0.05) is 45.7 Å². The number of aromatic nitrogens is 1. The number of benzene rings is 1. The highest BCUT2D eigenvalue weighted by atomic mass is 16.7. The van der Waals surface area contributed by atoms with Gasteiger partial charge in [-0.15, -0.1) is 0 Å². The van der Waals surface area contributed by atoms with Crippen LogP contribution in [0.2, 0.25) is 0 Å². The summed E-state index contributed by atoms with van der Waals surface area (Å²) in [6.45, 7) is 5.97. The van der Waals surface area contributed by atoms with Crippen LogP contribution >= 0.6 is 0 Å². The summed E-state index contributed by atoms with van der Waals surface area (Å²) in [5.74, 6) is -6.04. The molecule has 0 radical (unpaired) electrons. The van der Waals surface area contributed by atoms with Gasteiger partial charge in [0.05, 0.1) is 30.7 Å². The number of aromatic hydroxyl groups is 1. The van der Waals surface area contributed by atoms with Crippen LogP contribution in [0.25, 0.3) is 5.76 Å². The van der Waals surface area contributed by atoms with Crippen molar-refractivity contribution in [3.8, 4) is 11.6 Å². The summed E-state index contributed by atoms with van der Waals surface area (Å²) in [5.41, 5.74) is -2.79. The number of aliphatic hydroxyl groups is 2. The summed E-state index contributed by atoms with van der Waals surface area (Å²) in [6, 6.07) is 3.68. The van der Waals surface area contributed by atoms with Crippen molar-refractivity contribution >= 4 is 23.5 Å². The van der Waals surface area contributed by atoms with Gasteiger partial charge >= 0.3 is 6.16 Å². The fourth-order valence-electron chi connectivity index (χ4n) is 6.73. The van der Waals surface area contributed by atoms with Crippen molar-refractivity contribution in [2.75, 3.05) is 27.3 Å². The number of hydrogen-bond donors (Lipinski definition) is 3. The molecule has 12 heteroatoms. The molecule has 1 aromatic heterocycles. The smallest absolute Gasteiger partial charge is 0.507 e. The summed E-state index contributed by atoms with van der Waals surface area (Å²) in [6.07, 6.45) is 0.442. The van der Waals surface area contributed by atoms with E-state index >= 15 is 0 Å². The molecule has 12 nitrogen and oxygen atoms in total. The molecule has 0 unspecified atom stereocenters. The van der Waals surface area contributed by atoms with Crippen LogP contribution in [0.15, 0.2) is 28.3 Å². The highest BCUT2D eigenvalue weighted by Gasteiger charge is 2.70. The lowest BCUT2D eigenvalue weighted by Crippen LogP contribution is -2.69. The zero-order valence-corrected chi connectivity index (χ0v) is 25.0. The van der Waals surface area contributed by atoms with E-state index in [4.69, 9.17) is 18.7 Å². The first-order valence-electron chi connectivity index (χ1n) is 14.7. The average Bonchev–Trinajstić information content (AvgIpc) is 3.38. The number of Topliss-reactive ketones (excluding diaryl/α,β-unsaturated/α-hetero) is 2. The Labute approximate surface area is 249 Å². The zero-order chi connectivity index (χ0) is 31.2. The maximum atomic E-state index is 14.5. The SMILES string of the molecule is CCCCOC(=O)O[C@H]1[C@H]2C(=C(O)c3c(O)cccc3[C@@H]2C)C(=O)[C@]2(O)C(=O)c3c(OCCCC)noc3[C@@H](N(C)C)[C@H]12. The molecule has 0 bridgehead atoms. The Morgan fingerprint density at radius 1 is 1.07 bits per heavy atom. The summed E-state index contributed by atoms with van der Waals surface area (Å²) >= 11 is 0. The van der Waals surface area contributed by atoms with Gasteiger partial charge in [0, 0.05) is 11.5 Å². The van der Waals surface area contributed by atoms with E-state index in [2.05, 4.69) is 5.16 Å². The number of rotatable bonds is 9. The second-order valence-electron chi connectivity index (χ2n) is 11.6. The number of ketones is 2. The van der Waals surface area contributed by atoms with Crippen molar-refractivity contribution in [3.05, 3.63) is 46.2 Å². The predicted octanol–water partition coefficient (Wildman–Crippen LogP) is 4.31. The lowest BCUT2D eigenvalue weighted by atomic mass is 9.54. The number of carbonyl (C=O) groups excluding carboxylic acids is 3. The Hall–Kier alpha value is -3.90. The molecule has 3 aliphatic rings. The van der Waals surface area contributed by atoms with Gasteiger partial charge in [-0.25, -0.2) is 4.79 Å². The highest BCUT2D eigenvalue weighted by Crippen LogP contribution is 2.59. The van der Waals surface area contributed by atoms with Gasteiger partial charge in [-0.3, -0.25) is 14.5 Å². The Bertz CT molecular complexity index is 1460. The van der Waals surface area contributed by atoms with Gasteiger partial charge in [-0.2, -0.15) is 0 Å². The fourth-order valence-corrected chi connectivity index (χ4v) is 6.73. The molecular weight excluding hydrogens is 560 g/mol. The van der Waals surface area contributed by atoms with Crippen LogP contribution in [-0.4, -0.2) is 82.1 Å². The van der Waals surface area contributed by atoms with Gasteiger partial charge in [0.2, 0.25) is 11.6 Å². The number of carbonyl (C=O) groups is 3. The molecule has 1 aromatic carbocycles. The molecule has 0 amide bonds. The number of hydrogen-bond acceptors (Lipinski definition) is 12. The molecule has 2 aromatic rings. The van der Waals surface area contributed by atoms with E-state index in [1.54, 1.807) is 38.1 Å². The quantitative estimate of drug-likeness (QED) is 0.213. The van der Waals surface area contributed by atoms with Crippen molar-refractivity contribution in [2.24, 2.45) is 11.8 Å². The molecule has 0 saturated heterocycles. The fraction of sp³-hybridized carbons (Fsp3) is 0.548. The highest BCUT2D eigenvalue weighted by molar-refractivity contribution is 6.26. The first kappa shape index (κ1) is 30.6. The van der Waals surface area contributed by atoms with Gasteiger partial charge in [0.1, 0.15) is 23.2 Å². The minimum absolute atomic E-state index is 0.0163. The Kier molecular flexibility index (Phi) is 8.28. The van der Waals surface area contributed by atoms with Crippen LogP contribution in [0.5, 0.6) is 11.6 Å². The number of fused-ring (bicyclic) bond motifs is 4. The van der Waals surface area contributed by atoms with Crippen LogP contribution in [0.4, 0.5) is 4.79 Å². The first-order chi connectivity index (χ1) is 20.5. The maximum Gasteiger partial charge on any atom is 0.508 e. The third-order valence-electron chi connectivity index (χ3n) is 8.82. The minimum Gasteiger partial charge on any atom is -0.507 e. The van der Waals surface area contributed by atoms with Crippen molar-refractivity contribution in [3.63, 3.8) is 0 Å². The number of phenols is 1. The molecule has 232 valence electrons. The third-order valence-corrected chi connectivity index (χ3v) is 8.82. The maximum absolute atomic E-state index is 14.5. The van der Waals surface area contributed by atoms with Crippen molar-refractivity contribution < 1.29 is 48.4 Å². The molecular formula is C31H38N2O10. The topological polar surface area (TPSA) is 169 Å². The largest absolute Gasteiger partial charge is 0.508 e. The zero-order valence-electron chi connectivity index (χ0n) is 25.0. The molecule has 0 aliphatic heterocycles. The summed E-state index contributed by atoms with van der Waals surface area (Å²) in [7, 11) is 3.35. The van der Waals surface area contributed by atoms with Gasteiger partial charge in [0.15, 0.2) is 11.4 Å². The van der Waals surface area contributed by atoms with E-state index in [1.807, 2.05) is 13.8 Å². The molecule has 3 N–H and O–H groups in total. The number of phenolic OH excluding ortho intramolecular Hbond substituents is 1. The Morgan fingerprint density at radius 2 is 1.77 bits per heavy atom. The second-order valence-corrected chi connectivity index (χ2v) is 11.6. The van der Waals surface area contributed by atoms with Gasteiger partial charge in [0.25, 0.3) is 5.88 Å². The predicted molar refractivity (Wildman–Crippen MR) is 152 cm³/mol. The van der Waals surface area contributed by atoms with Crippen LogP contribution in [0.3, 0.4) is 0 Å². The van der Waals surface area contributed by atoms with Crippen molar-refractivity contribution in [1.29, 1.82) is 0 Å². The van der Waals surface area contributed by atoms with Gasteiger partial charge in [-0.05, 0) is 49.6 Å². The van der Waals surface area contributed by atoms with E-state index in [0.717, 1.165) is 12.8 Å². The molecule has 43 heavy (non-hydrogen) atoms. The minimum atomic E-state index is -2.81. The number of aliphatic hydroxyl groups excluding tert-OH is 1. The molecule has 3 aliphatic carbocycles. The number of unbranched alkanes of at least 4 members (excludes halogenated alkanes) is 2. The van der Waals surface area contributed by atoms with E-state index < -0.39 is 59.0 Å². The monoisotopic (exact) mass is 598 g/mol.